The Morgan fingerprint density at radius 3 is 3.11 bits per heavy atom. The van der Waals surface area contributed by atoms with Gasteiger partial charge in [0.1, 0.15) is 10.6 Å². The van der Waals surface area contributed by atoms with Crippen molar-refractivity contribution in [2.45, 2.75) is 32.2 Å². The molecule has 3 rings (SSSR count). The van der Waals surface area contributed by atoms with Crippen molar-refractivity contribution in [3.63, 3.8) is 0 Å². The lowest BCUT2D eigenvalue weighted by Crippen LogP contribution is -2.08. The topological polar surface area (TPSA) is 49.8 Å². The number of nitrogens with one attached hydrogen (secondary N) is 2. The van der Waals surface area contributed by atoms with Gasteiger partial charge in [0, 0.05) is 13.1 Å². The smallest absolute Gasteiger partial charge is 0.225 e. The van der Waals surface area contributed by atoms with Crippen LogP contribution in [0.1, 0.15) is 26.2 Å². The third-order valence-corrected chi connectivity index (χ3v) is 4.26. The zero-order valence-corrected chi connectivity index (χ0v) is 11.5. The highest BCUT2D eigenvalue weighted by molar-refractivity contribution is 7.16. The number of fused-ring (bicyclic) bond motifs is 1. The molecule has 96 valence electrons. The summed E-state index contributed by atoms with van der Waals surface area (Å²) in [7, 11) is 1.86. The minimum Gasteiger partial charge on any atom is -0.366 e. The van der Waals surface area contributed by atoms with Gasteiger partial charge >= 0.3 is 0 Å². The van der Waals surface area contributed by atoms with Crippen LogP contribution in [-0.2, 0) is 0 Å². The van der Waals surface area contributed by atoms with E-state index in [-0.39, 0.29) is 0 Å². The van der Waals surface area contributed by atoms with Gasteiger partial charge in [-0.1, -0.05) is 13.3 Å². The SMILES string of the molecule is CCCC1CC1Nc1nc(NC)nc2sccc12. The number of nitrogens with zero attached hydrogens (tertiary/aromatic N) is 2. The Kier molecular flexibility index (Phi) is 3.07. The summed E-state index contributed by atoms with van der Waals surface area (Å²) in [5.74, 6) is 2.51. The molecule has 0 radical (unpaired) electrons. The van der Waals surface area contributed by atoms with Crippen molar-refractivity contribution in [2.75, 3.05) is 17.7 Å². The largest absolute Gasteiger partial charge is 0.366 e. The third kappa shape index (κ3) is 2.14. The average molecular weight is 262 g/mol. The molecule has 0 saturated heterocycles. The fourth-order valence-corrected chi connectivity index (χ4v) is 3.13. The van der Waals surface area contributed by atoms with Crippen LogP contribution in [0.3, 0.4) is 0 Å². The molecule has 5 heteroatoms. The van der Waals surface area contributed by atoms with Crippen LogP contribution in [0, 0.1) is 5.92 Å². The Labute approximate surface area is 111 Å². The van der Waals surface area contributed by atoms with E-state index in [1.165, 1.54) is 19.3 Å². The first kappa shape index (κ1) is 11.7. The Morgan fingerprint density at radius 1 is 1.44 bits per heavy atom. The maximum Gasteiger partial charge on any atom is 0.225 e. The molecule has 2 heterocycles. The maximum atomic E-state index is 4.54. The second-order valence-corrected chi connectivity index (χ2v) is 5.72. The first-order valence-electron chi connectivity index (χ1n) is 6.51. The molecule has 2 unspecified atom stereocenters. The molecule has 1 saturated carbocycles. The Balaban J connectivity index is 1.84. The van der Waals surface area contributed by atoms with E-state index < -0.39 is 0 Å². The molecule has 1 aliphatic carbocycles. The molecule has 2 atom stereocenters. The predicted molar refractivity (Wildman–Crippen MR) is 77.4 cm³/mol. The van der Waals surface area contributed by atoms with Gasteiger partial charge in [-0.3, -0.25) is 0 Å². The summed E-state index contributed by atoms with van der Waals surface area (Å²) < 4.78 is 0. The van der Waals surface area contributed by atoms with Gasteiger partial charge in [-0.15, -0.1) is 11.3 Å². The molecule has 18 heavy (non-hydrogen) atoms. The summed E-state index contributed by atoms with van der Waals surface area (Å²) in [4.78, 5) is 10.0. The fourth-order valence-electron chi connectivity index (χ4n) is 2.37. The van der Waals surface area contributed by atoms with E-state index in [9.17, 15) is 0 Å². The van der Waals surface area contributed by atoms with Crippen molar-refractivity contribution in [3.8, 4) is 0 Å². The van der Waals surface area contributed by atoms with E-state index in [1.54, 1.807) is 11.3 Å². The maximum absolute atomic E-state index is 4.54. The number of thiophene rings is 1. The lowest BCUT2D eigenvalue weighted by atomic mass is 10.2. The lowest BCUT2D eigenvalue weighted by molar-refractivity contribution is 0.692. The highest BCUT2D eigenvalue weighted by Gasteiger charge is 2.36. The van der Waals surface area contributed by atoms with E-state index in [1.807, 2.05) is 7.05 Å². The van der Waals surface area contributed by atoms with Crippen LogP contribution in [0.5, 0.6) is 0 Å². The number of rotatable bonds is 5. The van der Waals surface area contributed by atoms with Gasteiger partial charge in [-0.2, -0.15) is 4.98 Å². The third-order valence-electron chi connectivity index (χ3n) is 3.45. The quantitative estimate of drug-likeness (QED) is 0.867. The van der Waals surface area contributed by atoms with E-state index in [0.717, 1.165) is 22.0 Å². The fraction of sp³-hybridized carbons (Fsp3) is 0.538. The second kappa shape index (κ2) is 4.72. The van der Waals surface area contributed by atoms with Crippen molar-refractivity contribution < 1.29 is 0 Å². The molecule has 0 amide bonds. The van der Waals surface area contributed by atoms with Crippen LogP contribution < -0.4 is 10.6 Å². The van der Waals surface area contributed by atoms with Gasteiger partial charge in [0.15, 0.2) is 0 Å². The van der Waals surface area contributed by atoms with Gasteiger partial charge < -0.3 is 10.6 Å². The van der Waals surface area contributed by atoms with Crippen molar-refractivity contribution in [2.24, 2.45) is 5.92 Å². The zero-order chi connectivity index (χ0) is 12.5. The minimum absolute atomic E-state index is 0.604. The normalized spacial score (nSPS) is 22.1. The highest BCUT2D eigenvalue weighted by atomic mass is 32.1. The van der Waals surface area contributed by atoms with Gasteiger partial charge in [-0.05, 0) is 30.2 Å². The summed E-state index contributed by atoms with van der Waals surface area (Å²) in [5.41, 5.74) is 0. The highest BCUT2D eigenvalue weighted by Crippen LogP contribution is 2.38. The van der Waals surface area contributed by atoms with Crippen LogP contribution in [0.15, 0.2) is 11.4 Å². The lowest BCUT2D eigenvalue weighted by Gasteiger charge is -2.08. The molecule has 2 aromatic rings. The summed E-state index contributed by atoms with van der Waals surface area (Å²) >= 11 is 1.66. The summed E-state index contributed by atoms with van der Waals surface area (Å²) in [6, 6.07) is 2.70. The van der Waals surface area contributed by atoms with Gasteiger partial charge in [0.05, 0.1) is 5.39 Å². The van der Waals surface area contributed by atoms with Crippen molar-refractivity contribution in [1.82, 2.24) is 9.97 Å². The van der Waals surface area contributed by atoms with Crippen molar-refractivity contribution in [3.05, 3.63) is 11.4 Å². The number of anilines is 2. The predicted octanol–water partition coefficient (Wildman–Crippen LogP) is 3.33. The molecule has 0 bridgehead atoms. The summed E-state index contributed by atoms with van der Waals surface area (Å²) in [6.07, 6.45) is 3.86. The van der Waals surface area contributed by atoms with Gasteiger partial charge in [0.25, 0.3) is 0 Å². The molecule has 1 aliphatic rings. The van der Waals surface area contributed by atoms with E-state index >= 15 is 0 Å². The molecule has 0 aliphatic heterocycles. The van der Waals surface area contributed by atoms with Crippen LogP contribution in [-0.4, -0.2) is 23.1 Å². The Bertz CT molecular complexity index is 551. The Hall–Kier alpha value is -1.36. The number of aromatic nitrogens is 2. The molecule has 2 aromatic heterocycles. The monoisotopic (exact) mass is 262 g/mol. The van der Waals surface area contributed by atoms with Crippen molar-refractivity contribution in [1.29, 1.82) is 0 Å². The van der Waals surface area contributed by atoms with E-state index in [0.29, 0.717) is 12.0 Å². The van der Waals surface area contributed by atoms with Crippen LogP contribution in [0.25, 0.3) is 10.2 Å². The van der Waals surface area contributed by atoms with Crippen molar-refractivity contribution >= 4 is 33.3 Å². The molecule has 2 N–H and O–H groups in total. The summed E-state index contributed by atoms with van der Waals surface area (Å²) in [5, 5.41) is 9.80. The molecule has 1 fully saturated rings. The average Bonchev–Trinajstić information content (AvgIpc) is 2.92. The van der Waals surface area contributed by atoms with Crippen LogP contribution in [0.2, 0.25) is 0 Å². The van der Waals surface area contributed by atoms with E-state index in [4.69, 9.17) is 0 Å². The Morgan fingerprint density at radius 2 is 2.33 bits per heavy atom. The molecular weight excluding hydrogens is 244 g/mol. The first-order chi connectivity index (χ1) is 8.81. The second-order valence-electron chi connectivity index (χ2n) is 4.82. The standard InChI is InChI=1S/C13H18N4S/c1-3-4-8-7-10(8)15-11-9-5-6-18-12(9)17-13(14-2)16-11/h5-6,8,10H,3-4,7H2,1-2H3,(H2,14,15,16,17). The number of hydrogen-bond donors (Lipinski definition) is 2. The minimum atomic E-state index is 0.604. The number of hydrogen-bond acceptors (Lipinski definition) is 5. The first-order valence-corrected chi connectivity index (χ1v) is 7.39. The molecule has 0 aromatic carbocycles. The van der Waals surface area contributed by atoms with Crippen LogP contribution in [0.4, 0.5) is 11.8 Å². The molecule has 0 spiro atoms. The molecule has 4 nitrogen and oxygen atoms in total. The van der Waals surface area contributed by atoms with Gasteiger partial charge in [0.2, 0.25) is 5.95 Å². The zero-order valence-electron chi connectivity index (χ0n) is 10.7. The van der Waals surface area contributed by atoms with E-state index in [2.05, 4.69) is 39.0 Å². The molecular formula is C13H18N4S. The van der Waals surface area contributed by atoms with Crippen LogP contribution >= 0.6 is 11.3 Å². The summed E-state index contributed by atoms with van der Waals surface area (Å²) in [6.45, 7) is 2.25. The van der Waals surface area contributed by atoms with Gasteiger partial charge in [-0.25, -0.2) is 4.98 Å².